The zero-order valence-electron chi connectivity index (χ0n) is 10.8. The first-order chi connectivity index (χ1) is 9.60. The molecular weight excluding hydrogens is 279 g/mol. The summed E-state index contributed by atoms with van der Waals surface area (Å²) in [5, 5.41) is 13.9. The number of nitro benzene ring substituents is 1. The normalized spacial score (nSPS) is 10.5. The first kappa shape index (κ1) is 14.5. The van der Waals surface area contributed by atoms with Gasteiger partial charge in [0, 0.05) is 17.5 Å². The SMILES string of the molecule is CNCc1cc(F)cc(Sc2ccccc2[N+](=O)[O-])c1. The van der Waals surface area contributed by atoms with Gasteiger partial charge in [0.25, 0.3) is 5.69 Å². The Hall–Kier alpha value is -1.92. The molecule has 0 heterocycles. The van der Waals surface area contributed by atoms with Gasteiger partial charge in [0.05, 0.1) is 9.82 Å². The minimum absolute atomic E-state index is 0.0249. The molecule has 1 N–H and O–H groups in total. The van der Waals surface area contributed by atoms with Crippen molar-refractivity contribution in [3.63, 3.8) is 0 Å². The number of rotatable bonds is 5. The van der Waals surface area contributed by atoms with Crippen LogP contribution in [0.5, 0.6) is 0 Å². The molecule has 0 aliphatic heterocycles. The molecular formula is C14H13FN2O2S. The van der Waals surface area contributed by atoms with Crippen molar-refractivity contribution in [2.45, 2.75) is 16.3 Å². The first-order valence-electron chi connectivity index (χ1n) is 5.95. The maximum absolute atomic E-state index is 13.5. The Balaban J connectivity index is 2.32. The van der Waals surface area contributed by atoms with Crippen LogP contribution in [0.15, 0.2) is 52.3 Å². The molecule has 0 aliphatic carbocycles. The molecule has 0 atom stereocenters. The molecule has 0 amide bonds. The average molecular weight is 292 g/mol. The summed E-state index contributed by atoms with van der Waals surface area (Å²) in [5.74, 6) is -0.348. The Morgan fingerprint density at radius 3 is 2.75 bits per heavy atom. The Bertz CT molecular complexity index is 634. The molecule has 0 bridgehead atoms. The predicted octanol–water partition coefficient (Wildman–Crippen LogP) is 3.60. The highest BCUT2D eigenvalue weighted by Crippen LogP contribution is 2.35. The monoisotopic (exact) mass is 292 g/mol. The summed E-state index contributed by atoms with van der Waals surface area (Å²) in [5.41, 5.74) is 0.825. The second-order valence-electron chi connectivity index (χ2n) is 4.15. The van der Waals surface area contributed by atoms with E-state index in [1.54, 1.807) is 25.2 Å². The second kappa shape index (κ2) is 6.49. The van der Waals surface area contributed by atoms with Crippen LogP contribution in [-0.4, -0.2) is 12.0 Å². The molecule has 20 heavy (non-hydrogen) atoms. The van der Waals surface area contributed by atoms with Crippen LogP contribution in [0, 0.1) is 15.9 Å². The highest BCUT2D eigenvalue weighted by molar-refractivity contribution is 7.99. The van der Waals surface area contributed by atoms with Crippen molar-refractivity contribution in [1.82, 2.24) is 5.32 Å². The van der Waals surface area contributed by atoms with Crippen molar-refractivity contribution in [1.29, 1.82) is 0 Å². The minimum atomic E-state index is -0.434. The number of benzene rings is 2. The van der Waals surface area contributed by atoms with Gasteiger partial charge in [-0.3, -0.25) is 10.1 Å². The van der Waals surface area contributed by atoms with E-state index in [-0.39, 0.29) is 11.5 Å². The molecule has 0 spiro atoms. The molecule has 6 heteroatoms. The number of hydrogen-bond acceptors (Lipinski definition) is 4. The number of nitro groups is 1. The van der Waals surface area contributed by atoms with Crippen LogP contribution in [-0.2, 0) is 6.54 Å². The van der Waals surface area contributed by atoms with Crippen LogP contribution in [0.2, 0.25) is 0 Å². The minimum Gasteiger partial charge on any atom is -0.316 e. The molecule has 2 aromatic carbocycles. The van der Waals surface area contributed by atoms with E-state index in [0.717, 1.165) is 5.56 Å². The summed E-state index contributed by atoms with van der Waals surface area (Å²) in [7, 11) is 1.78. The Kier molecular flexibility index (Phi) is 4.70. The summed E-state index contributed by atoms with van der Waals surface area (Å²) in [6.07, 6.45) is 0. The van der Waals surface area contributed by atoms with Gasteiger partial charge < -0.3 is 5.32 Å². The van der Waals surface area contributed by atoms with Gasteiger partial charge in [-0.25, -0.2) is 4.39 Å². The fourth-order valence-electron chi connectivity index (χ4n) is 1.81. The molecule has 0 aliphatic rings. The number of hydrogen-bond donors (Lipinski definition) is 1. The van der Waals surface area contributed by atoms with Crippen LogP contribution in [0.3, 0.4) is 0 Å². The third-order valence-corrected chi connectivity index (χ3v) is 3.64. The molecule has 0 saturated carbocycles. The van der Waals surface area contributed by atoms with Gasteiger partial charge in [-0.15, -0.1) is 0 Å². The third kappa shape index (κ3) is 3.55. The van der Waals surface area contributed by atoms with Crippen molar-refractivity contribution < 1.29 is 9.31 Å². The van der Waals surface area contributed by atoms with Gasteiger partial charge in [-0.05, 0) is 36.9 Å². The predicted molar refractivity (Wildman–Crippen MR) is 76.4 cm³/mol. The van der Waals surface area contributed by atoms with Gasteiger partial charge in [-0.1, -0.05) is 23.9 Å². The lowest BCUT2D eigenvalue weighted by Gasteiger charge is -2.06. The molecule has 0 aromatic heterocycles. The van der Waals surface area contributed by atoms with Crippen molar-refractivity contribution in [2.24, 2.45) is 0 Å². The van der Waals surface area contributed by atoms with E-state index in [0.29, 0.717) is 16.3 Å². The Labute approximate surface area is 120 Å². The summed E-state index contributed by atoms with van der Waals surface area (Å²) >= 11 is 1.19. The van der Waals surface area contributed by atoms with Gasteiger partial charge in [0.1, 0.15) is 5.82 Å². The topological polar surface area (TPSA) is 55.2 Å². The highest BCUT2D eigenvalue weighted by atomic mass is 32.2. The Morgan fingerprint density at radius 2 is 2.05 bits per heavy atom. The molecule has 0 radical (unpaired) electrons. The number of nitrogens with one attached hydrogen (secondary N) is 1. The smallest absolute Gasteiger partial charge is 0.283 e. The van der Waals surface area contributed by atoms with Crippen molar-refractivity contribution >= 4 is 17.4 Å². The van der Waals surface area contributed by atoms with Crippen LogP contribution in [0.4, 0.5) is 10.1 Å². The molecule has 0 saturated heterocycles. The van der Waals surface area contributed by atoms with Crippen LogP contribution >= 0.6 is 11.8 Å². The van der Waals surface area contributed by atoms with E-state index in [9.17, 15) is 14.5 Å². The second-order valence-corrected chi connectivity index (χ2v) is 5.27. The number of para-hydroxylation sites is 1. The number of nitrogens with zero attached hydrogens (tertiary/aromatic N) is 1. The van der Waals surface area contributed by atoms with E-state index in [1.165, 1.54) is 30.0 Å². The lowest BCUT2D eigenvalue weighted by Crippen LogP contribution is -2.05. The van der Waals surface area contributed by atoms with Crippen LogP contribution < -0.4 is 5.32 Å². The quantitative estimate of drug-likeness (QED) is 0.675. The fourth-order valence-corrected chi connectivity index (χ4v) is 2.84. The van der Waals surface area contributed by atoms with E-state index < -0.39 is 4.92 Å². The number of halogens is 1. The fraction of sp³-hybridized carbons (Fsp3) is 0.143. The Morgan fingerprint density at radius 1 is 1.30 bits per heavy atom. The molecule has 104 valence electrons. The van der Waals surface area contributed by atoms with E-state index in [2.05, 4.69) is 5.32 Å². The highest BCUT2D eigenvalue weighted by Gasteiger charge is 2.14. The van der Waals surface area contributed by atoms with E-state index in [1.807, 2.05) is 6.07 Å². The summed E-state index contributed by atoms with van der Waals surface area (Å²) in [6.45, 7) is 0.544. The lowest BCUT2D eigenvalue weighted by atomic mass is 10.2. The average Bonchev–Trinajstić information content (AvgIpc) is 2.38. The van der Waals surface area contributed by atoms with Gasteiger partial charge >= 0.3 is 0 Å². The van der Waals surface area contributed by atoms with Gasteiger partial charge in [-0.2, -0.15) is 0 Å². The molecule has 2 aromatic rings. The molecule has 2 rings (SSSR count). The van der Waals surface area contributed by atoms with Gasteiger partial charge in [0.15, 0.2) is 0 Å². The van der Waals surface area contributed by atoms with E-state index in [4.69, 9.17) is 0 Å². The molecule has 4 nitrogen and oxygen atoms in total. The zero-order chi connectivity index (χ0) is 14.5. The summed E-state index contributed by atoms with van der Waals surface area (Å²) in [6, 6.07) is 11.1. The van der Waals surface area contributed by atoms with E-state index >= 15 is 0 Å². The summed E-state index contributed by atoms with van der Waals surface area (Å²) in [4.78, 5) is 11.7. The van der Waals surface area contributed by atoms with Crippen molar-refractivity contribution in [3.05, 3.63) is 64.0 Å². The largest absolute Gasteiger partial charge is 0.316 e. The first-order valence-corrected chi connectivity index (χ1v) is 6.77. The van der Waals surface area contributed by atoms with Gasteiger partial charge in [0.2, 0.25) is 0 Å². The maximum Gasteiger partial charge on any atom is 0.283 e. The molecule has 0 fully saturated rings. The summed E-state index contributed by atoms with van der Waals surface area (Å²) < 4.78 is 13.5. The standard InChI is InChI=1S/C14H13FN2O2S/c1-16-9-10-6-11(15)8-12(7-10)20-14-5-3-2-4-13(14)17(18)19/h2-8,16H,9H2,1H3. The lowest BCUT2D eigenvalue weighted by molar-refractivity contribution is -0.387. The maximum atomic E-state index is 13.5. The third-order valence-electron chi connectivity index (χ3n) is 2.60. The zero-order valence-corrected chi connectivity index (χ0v) is 11.6. The van der Waals surface area contributed by atoms with Crippen LogP contribution in [0.1, 0.15) is 5.56 Å². The van der Waals surface area contributed by atoms with Crippen molar-refractivity contribution in [3.8, 4) is 0 Å². The van der Waals surface area contributed by atoms with Crippen molar-refractivity contribution in [2.75, 3.05) is 7.05 Å². The molecule has 0 unspecified atom stereocenters. The van der Waals surface area contributed by atoms with Crippen LogP contribution in [0.25, 0.3) is 0 Å².